The van der Waals surface area contributed by atoms with Crippen molar-refractivity contribution in [1.29, 1.82) is 0 Å². The third-order valence-corrected chi connectivity index (χ3v) is 13.2. The summed E-state index contributed by atoms with van der Waals surface area (Å²) < 4.78 is 5.23. The number of nitrogens with zero attached hydrogens (tertiary/aromatic N) is 1. The van der Waals surface area contributed by atoms with Crippen LogP contribution in [-0.4, -0.2) is 0 Å². The Morgan fingerprint density at radius 1 is 0.365 bits per heavy atom. The van der Waals surface area contributed by atoms with Crippen LogP contribution >= 0.6 is 22.7 Å². The molecule has 0 aliphatic heterocycles. The van der Waals surface area contributed by atoms with Crippen LogP contribution in [0.25, 0.3) is 51.5 Å². The minimum Gasteiger partial charge on any atom is -0.310 e. The molecule has 244 valence electrons. The molecule has 3 heteroatoms. The van der Waals surface area contributed by atoms with E-state index in [2.05, 4.69) is 193 Å². The molecule has 11 rings (SSSR count). The molecule has 0 fully saturated rings. The normalized spacial score (nSPS) is 13.2. The molecule has 0 spiro atoms. The van der Waals surface area contributed by atoms with E-state index in [4.69, 9.17) is 0 Å². The van der Waals surface area contributed by atoms with Gasteiger partial charge in [-0.1, -0.05) is 140 Å². The number of rotatable bonds is 5. The molecule has 0 saturated carbocycles. The van der Waals surface area contributed by atoms with Gasteiger partial charge in [-0.3, -0.25) is 0 Å². The zero-order chi connectivity index (χ0) is 34.2. The maximum atomic E-state index is 2.51. The van der Waals surface area contributed by atoms with Gasteiger partial charge in [-0.2, -0.15) is 0 Å². The molecular formula is C49H31NS2. The molecule has 0 atom stereocenters. The Morgan fingerprint density at radius 2 is 0.904 bits per heavy atom. The van der Waals surface area contributed by atoms with E-state index in [0.717, 1.165) is 11.4 Å². The van der Waals surface area contributed by atoms with Crippen molar-refractivity contribution < 1.29 is 0 Å². The molecule has 0 bridgehead atoms. The smallest absolute Gasteiger partial charge is 0.0714 e. The number of anilines is 3. The first-order valence-corrected chi connectivity index (χ1v) is 19.4. The van der Waals surface area contributed by atoms with E-state index in [1.807, 2.05) is 22.7 Å². The number of benzene rings is 8. The van der Waals surface area contributed by atoms with E-state index in [1.54, 1.807) is 0 Å². The minimum absolute atomic E-state index is 0.473. The third kappa shape index (κ3) is 4.21. The van der Waals surface area contributed by atoms with E-state index in [0.29, 0.717) is 0 Å². The Balaban J connectivity index is 1.23. The second-order valence-corrected chi connectivity index (χ2v) is 15.8. The minimum atomic E-state index is -0.473. The molecule has 10 aromatic rings. The quantitative estimate of drug-likeness (QED) is 0.173. The first-order valence-electron chi connectivity index (χ1n) is 17.8. The van der Waals surface area contributed by atoms with E-state index in [1.165, 1.54) is 79.4 Å². The van der Waals surface area contributed by atoms with Crippen molar-refractivity contribution >= 4 is 80.1 Å². The van der Waals surface area contributed by atoms with Crippen LogP contribution in [0.5, 0.6) is 0 Å². The predicted molar refractivity (Wildman–Crippen MR) is 224 cm³/mol. The highest BCUT2D eigenvalue weighted by Crippen LogP contribution is 2.59. The summed E-state index contributed by atoms with van der Waals surface area (Å²) in [7, 11) is 0. The number of fused-ring (bicyclic) bond motifs is 9. The molecule has 0 saturated heterocycles. The molecule has 8 aromatic carbocycles. The summed E-state index contributed by atoms with van der Waals surface area (Å²) in [5.74, 6) is 0. The van der Waals surface area contributed by atoms with Crippen molar-refractivity contribution in [2.24, 2.45) is 0 Å². The van der Waals surface area contributed by atoms with E-state index >= 15 is 0 Å². The molecular weight excluding hydrogens is 667 g/mol. The lowest BCUT2D eigenvalue weighted by Gasteiger charge is -2.34. The Bertz CT molecular complexity index is 2930. The molecule has 0 unspecified atom stereocenters. The SMILES string of the molecule is c1ccc(C2(c3ccccc3)c3ccccc3-c3c(N(c4ccc5c(c4)sc4ccccc45)c4ccc5sc6ccccc6c5c4)cccc32)cc1. The fourth-order valence-electron chi connectivity index (χ4n) is 8.79. The molecule has 1 nitrogen and oxygen atoms in total. The van der Waals surface area contributed by atoms with E-state index in [-0.39, 0.29) is 0 Å². The molecule has 2 aromatic heterocycles. The largest absolute Gasteiger partial charge is 0.310 e. The van der Waals surface area contributed by atoms with Gasteiger partial charge in [0, 0.05) is 57.3 Å². The van der Waals surface area contributed by atoms with Crippen molar-refractivity contribution in [1.82, 2.24) is 0 Å². The van der Waals surface area contributed by atoms with Gasteiger partial charge in [-0.05, 0) is 76.3 Å². The summed E-state index contributed by atoms with van der Waals surface area (Å²) in [4.78, 5) is 2.51. The molecule has 1 aliphatic rings. The highest BCUT2D eigenvalue weighted by Gasteiger charge is 2.47. The van der Waals surface area contributed by atoms with Crippen LogP contribution in [-0.2, 0) is 5.41 Å². The van der Waals surface area contributed by atoms with Crippen LogP contribution in [0.4, 0.5) is 17.1 Å². The van der Waals surface area contributed by atoms with Gasteiger partial charge in [0.05, 0.1) is 11.1 Å². The van der Waals surface area contributed by atoms with Gasteiger partial charge >= 0.3 is 0 Å². The molecule has 2 heterocycles. The number of thiophene rings is 2. The highest BCUT2D eigenvalue weighted by molar-refractivity contribution is 7.26. The maximum absolute atomic E-state index is 2.51. The Kier molecular flexibility index (Phi) is 6.57. The summed E-state index contributed by atoms with van der Waals surface area (Å²) >= 11 is 3.74. The van der Waals surface area contributed by atoms with Crippen molar-refractivity contribution in [3.63, 3.8) is 0 Å². The monoisotopic (exact) mass is 697 g/mol. The predicted octanol–water partition coefficient (Wildman–Crippen LogP) is 14.3. The van der Waals surface area contributed by atoms with Gasteiger partial charge in [0.25, 0.3) is 0 Å². The van der Waals surface area contributed by atoms with Crippen LogP contribution in [0, 0.1) is 0 Å². The fraction of sp³-hybridized carbons (Fsp3) is 0.0204. The average Bonchev–Trinajstić information content (AvgIpc) is 3.87. The maximum Gasteiger partial charge on any atom is 0.0714 e. The highest BCUT2D eigenvalue weighted by atomic mass is 32.1. The summed E-state index contributed by atoms with van der Waals surface area (Å²) in [6, 6.07) is 69.8. The van der Waals surface area contributed by atoms with Crippen LogP contribution in [0.3, 0.4) is 0 Å². The van der Waals surface area contributed by atoms with Gasteiger partial charge in [-0.25, -0.2) is 0 Å². The van der Waals surface area contributed by atoms with Crippen molar-refractivity contribution in [2.75, 3.05) is 4.90 Å². The number of hydrogen-bond acceptors (Lipinski definition) is 3. The molecule has 52 heavy (non-hydrogen) atoms. The fourth-order valence-corrected chi connectivity index (χ4v) is 11.0. The zero-order valence-corrected chi connectivity index (χ0v) is 29.8. The zero-order valence-electron chi connectivity index (χ0n) is 28.2. The summed E-state index contributed by atoms with van der Waals surface area (Å²) in [6.45, 7) is 0. The second kappa shape index (κ2) is 11.5. The van der Waals surface area contributed by atoms with E-state index in [9.17, 15) is 0 Å². The van der Waals surface area contributed by atoms with Gasteiger partial charge in [0.2, 0.25) is 0 Å². The number of hydrogen-bond donors (Lipinski definition) is 0. The van der Waals surface area contributed by atoms with Gasteiger partial charge in [0.15, 0.2) is 0 Å². The Morgan fingerprint density at radius 3 is 1.65 bits per heavy atom. The topological polar surface area (TPSA) is 3.24 Å². The third-order valence-electron chi connectivity index (χ3n) is 10.9. The second-order valence-electron chi connectivity index (χ2n) is 13.6. The average molecular weight is 698 g/mol. The summed E-state index contributed by atoms with van der Waals surface area (Å²) in [6.07, 6.45) is 0. The first-order chi connectivity index (χ1) is 25.8. The Hall–Kier alpha value is -6.00. The lowest BCUT2D eigenvalue weighted by atomic mass is 9.68. The van der Waals surface area contributed by atoms with Crippen molar-refractivity contribution in [2.45, 2.75) is 5.41 Å². The molecule has 1 aliphatic carbocycles. The van der Waals surface area contributed by atoms with Crippen molar-refractivity contribution in [3.8, 4) is 11.1 Å². The van der Waals surface area contributed by atoms with Gasteiger partial charge in [0.1, 0.15) is 0 Å². The Labute approximate surface area is 310 Å². The molecule has 0 N–H and O–H groups in total. The lowest BCUT2D eigenvalue weighted by Crippen LogP contribution is -2.28. The van der Waals surface area contributed by atoms with Crippen LogP contribution in [0.2, 0.25) is 0 Å². The lowest BCUT2D eigenvalue weighted by molar-refractivity contribution is 0.768. The van der Waals surface area contributed by atoms with Gasteiger partial charge < -0.3 is 4.90 Å². The summed E-state index contributed by atoms with van der Waals surface area (Å²) in [5.41, 5.74) is 10.7. The van der Waals surface area contributed by atoms with E-state index < -0.39 is 5.41 Å². The van der Waals surface area contributed by atoms with Crippen LogP contribution < -0.4 is 4.90 Å². The summed E-state index contributed by atoms with van der Waals surface area (Å²) in [5, 5.41) is 5.22. The molecule has 0 amide bonds. The molecule has 0 radical (unpaired) electrons. The van der Waals surface area contributed by atoms with Gasteiger partial charge in [-0.15, -0.1) is 22.7 Å². The van der Waals surface area contributed by atoms with Crippen molar-refractivity contribution in [3.05, 3.63) is 210 Å². The van der Waals surface area contributed by atoms with Crippen LogP contribution in [0.1, 0.15) is 22.3 Å². The van der Waals surface area contributed by atoms with Crippen LogP contribution in [0.15, 0.2) is 188 Å². The standard InChI is InChI=1S/C49H31NS2/c1-3-14-32(15-4-1)49(33-16-5-2-6-17-33)41-21-10-7-20-39(41)48-42(49)22-13-23-43(48)50(34-27-29-46-40(30-34)37-19-9-12-25-45(37)51-46)35-26-28-38-36-18-8-11-24-44(36)52-47(38)31-35/h1-31H. The first kappa shape index (κ1) is 29.7.